The van der Waals surface area contributed by atoms with Crippen LogP contribution < -0.4 is 15.0 Å². The minimum absolute atomic E-state index is 0.121. The van der Waals surface area contributed by atoms with Gasteiger partial charge in [0.15, 0.2) is 5.75 Å². The zero-order valence-corrected chi connectivity index (χ0v) is 10.9. The minimum Gasteiger partial charge on any atom is -0.490 e. The van der Waals surface area contributed by atoms with Crippen molar-refractivity contribution < 1.29 is 19.6 Å². The number of anilines is 1. The van der Waals surface area contributed by atoms with Crippen molar-refractivity contribution in [2.75, 3.05) is 31.6 Å². The molecule has 1 aliphatic rings. The molecule has 0 spiro atoms. The lowest BCUT2D eigenvalue weighted by atomic mass is 10.1. The second-order valence-electron chi connectivity index (χ2n) is 4.34. The molecule has 1 unspecified atom stereocenters. The number of nitro benzene ring substituents is 1. The highest BCUT2D eigenvalue weighted by molar-refractivity contribution is 5.82. The summed E-state index contributed by atoms with van der Waals surface area (Å²) in [5, 5.41) is 23.5. The fraction of sp³-hybridized carbons (Fsp3) is 0.417. The van der Waals surface area contributed by atoms with E-state index in [1.807, 2.05) is 0 Å². The number of benzene rings is 1. The van der Waals surface area contributed by atoms with Crippen LogP contribution in [0.1, 0.15) is 0 Å². The number of para-hydroxylation sites is 1. The van der Waals surface area contributed by atoms with E-state index in [0.29, 0.717) is 13.1 Å². The molecular formula is C12H15N3O5. The summed E-state index contributed by atoms with van der Waals surface area (Å²) < 4.78 is 5.00. The van der Waals surface area contributed by atoms with Gasteiger partial charge in [0.2, 0.25) is 0 Å². The molecule has 0 radical (unpaired) electrons. The first kappa shape index (κ1) is 14.1. The Morgan fingerprint density at radius 2 is 2.35 bits per heavy atom. The lowest BCUT2D eigenvalue weighted by molar-refractivity contribution is -0.385. The van der Waals surface area contributed by atoms with E-state index in [1.165, 1.54) is 18.1 Å². The van der Waals surface area contributed by atoms with E-state index in [0.717, 1.165) is 0 Å². The Kier molecular flexibility index (Phi) is 4.04. The van der Waals surface area contributed by atoms with Crippen molar-refractivity contribution in [2.24, 2.45) is 0 Å². The third-order valence-electron chi connectivity index (χ3n) is 3.22. The molecule has 1 aliphatic heterocycles. The number of hydrogen-bond donors (Lipinski definition) is 2. The number of ether oxygens (including phenoxy) is 1. The Morgan fingerprint density at radius 1 is 1.60 bits per heavy atom. The lowest BCUT2D eigenvalue weighted by Gasteiger charge is -2.34. The zero-order valence-electron chi connectivity index (χ0n) is 10.9. The van der Waals surface area contributed by atoms with Crippen LogP contribution in [0.3, 0.4) is 0 Å². The Hall–Kier alpha value is -2.35. The summed E-state index contributed by atoms with van der Waals surface area (Å²) in [5.41, 5.74) is 0.0615. The normalized spacial score (nSPS) is 18.6. The minimum atomic E-state index is -1.02. The molecule has 1 aromatic rings. The number of nitrogens with zero attached hydrogens (tertiary/aromatic N) is 2. The van der Waals surface area contributed by atoms with Gasteiger partial charge in [-0.3, -0.25) is 10.1 Å². The standard InChI is InChI=1S/C12H15N3O5/c1-20-10-4-2-3-8(11(10)15(18)19)14-6-5-13-7-9(14)12(16)17/h2-4,9,13H,5-7H2,1H3,(H,16,17). The van der Waals surface area contributed by atoms with Crippen molar-refractivity contribution in [1.29, 1.82) is 0 Å². The van der Waals surface area contributed by atoms with Crippen molar-refractivity contribution in [3.8, 4) is 5.75 Å². The van der Waals surface area contributed by atoms with Crippen molar-refractivity contribution in [2.45, 2.75) is 6.04 Å². The molecule has 0 aromatic heterocycles. The van der Waals surface area contributed by atoms with Gasteiger partial charge in [-0.1, -0.05) is 6.07 Å². The van der Waals surface area contributed by atoms with Gasteiger partial charge in [-0.25, -0.2) is 4.79 Å². The van der Waals surface area contributed by atoms with Crippen LogP contribution in [-0.2, 0) is 4.79 Å². The van der Waals surface area contributed by atoms with Crippen LogP contribution >= 0.6 is 0 Å². The first-order valence-electron chi connectivity index (χ1n) is 6.07. The number of carbonyl (C=O) groups is 1. The molecule has 2 N–H and O–H groups in total. The maximum atomic E-state index is 11.3. The number of hydrogen-bond acceptors (Lipinski definition) is 6. The topological polar surface area (TPSA) is 105 Å². The van der Waals surface area contributed by atoms with E-state index >= 15 is 0 Å². The van der Waals surface area contributed by atoms with Gasteiger partial charge in [0, 0.05) is 19.6 Å². The van der Waals surface area contributed by atoms with E-state index in [-0.39, 0.29) is 23.7 Å². The smallest absolute Gasteiger partial charge is 0.333 e. The summed E-state index contributed by atoms with van der Waals surface area (Å²) in [6, 6.07) is 3.80. The summed E-state index contributed by atoms with van der Waals surface area (Å²) in [7, 11) is 1.35. The number of piperazine rings is 1. The predicted octanol–water partition coefficient (Wildman–Crippen LogP) is 0.466. The highest BCUT2D eigenvalue weighted by Gasteiger charge is 2.34. The summed E-state index contributed by atoms with van der Waals surface area (Å²) in [6.45, 7) is 1.19. The summed E-state index contributed by atoms with van der Waals surface area (Å²) in [5.74, 6) is -0.899. The van der Waals surface area contributed by atoms with Crippen LogP contribution in [0.5, 0.6) is 5.75 Å². The number of carboxylic acid groups (broad SMARTS) is 1. The van der Waals surface area contributed by atoms with Gasteiger partial charge in [-0.15, -0.1) is 0 Å². The number of methoxy groups -OCH3 is 1. The summed E-state index contributed by atoms with van der Waals surface area (Å²) in [4.78, 5) is 23.5. The molecule has 108 valence electrons. The molecule has 0 bridgehead atoms. The van der Waals surface area contributed by atoms with E-state index in [4.69, 9.17) is 4.74 Å². The molecule has 2 rings (SSSR count). The molecule has 8 heteroatoms. The molecule has 8 nitrogen and oxygen atoms in total. The van der Waals surface area contributed by atoms with E-state index < -0.39 is 16.9 Å². The fourth-order valence-corrected chi connectivity index (χ4v) is 2.30. The van der Waals surface area contributed by atoms with Crippen LogP contribution in [-0.4, -0.2) is 48.8 Å². The molecule has 1 atom stereocenters. The van der Waals surface area contributed by atoms with Gasteiger partial charge in [0.1, 0.15) is 11.7 Å². The highest BCUT2D eigenvalue weighted by atomic mass is 16.6. The van der Waals surface area contributed by atoms with Crippen LogP contribution in [0.15, 0.2) is 18.2 Å². The van der Waals surface area contributed by atoms with Crippen LogP contribution in [0, 0.1) is 10.1 Å². The third-order valence-corrected chi connectivity index (χ3v) is 3.22. The maximum absolute atomic E-state index is 11.3. The Labute approximate surface area is 115 Å². The van der Waals surface area contributed by atoms with Crippen LogP contribution in [0.25, 0.3) is 0 Å². The van der Waals surface area contributed by atoms with E-state index in [1.54, 1.807) is 12.1 Å². The molecule has 0 aliphatic carbocycles. The Bertz CT molecular complexity index is 534. The van der Waals surface area contributed by atoms with Crippen molar-refractivity contribution in [1.82, 2.24) is 5.32 Å². The van der Waals surface area contributed by atoms with Crippen LogP contribution in [0.2, 0.25) is 0 Å². The maximum Gasteiger partial charge on any atom is 0.333 e. The molecule has 1 fully saturated rings. The molecule has 0 amide bonds. The number of nitro groups is 1. The Morgan fingerprint density at radius 3 is 2.95 bits per heavy atom. The Balaban J connectivity index is 2.50. The third kappa shape index (κ3) is 2.50. The first-order chi connectivity index (χ1) is 9.56. The number of nitrogens with one attached hydrogen (secondary N) is 1. The van der Waals surface area contributed by atoms with Crippen molar-refractivity contribution >= 4 is 17.3 Å². The number of carboxylic acids is 1. The number of rotatable bonds is 4. The van der Waals surface area contributed by atoms with Crippen LogP contribution in [0.4, 0.5) is 11.4 Å². The zero-order chi connectivity index (χ0) is 14.7. The largest absolute Gasteiger partial charge is 0.490 e. The molecule has 0 saturated carbocycles. The van der Waals surface area contributed by atoms with Gasteiger partial charge < -0.3 is 20.1 Å². The molecule has 20 heavy (non-hydrogen) atoms. The molecule has 1 aromatic carbocycles. The van der Waals surface area contributed by atoms with Crippen molar-refractivity contribution in [3.63, 3.8) is 0 Å². The monoisotopic (exact) mass is 281 g/mol. The van der Waals surface area contributed by atoms with E-state index in [9.17, 15) is 20.0 Å². The van der Waals surface area contributed by atoms with Gasteiger partial charge in [0.25, 0.3) is 0 Å². The SMILES string of the molecule is COc1cccc(N2CCNCC2C(=O)O)c1[N+](=O)[O-]. The quantitative estimate of drug-likeness (QED) is 0.610. The van der Waals surface area contributed by atoms with E-state index in [2.05, 4.69) is 5.32 Å². The average molecular weight is 281 g/mol. The summed E-state index contributed by atoms with van der Waals surface area (Å²) >= 11 is 0. The van der Waals surface area contributed by atoms with Crippen molar-refractivity contribution in [3.05, 3.63) is 28.3 Å². The fourth-order valence-electron chi connectivity index (χ4n) is 2.30. The molecule has 1 saturated heterocycles. The lowest BCUT2D eigenvalue weighted by Crippen LogP contribution is -2.55. The highest BCUT2D eigenvalue weighted by Crippen LogP contribution is 2.37. The average Bonchev–Trinajstić information content (AvgIpc) is 2.46. The van der Waals surface area contributed by atoms with Gasteiger partial charge >= 0.3 is 11.7 Å². The second-order valence-corrected chi connectivity index (χ2v) is 4.34. The predicted molar refractivity (Wildman–Crippen MR) is 71.3 cm³/mol. The molecule has 1 heterocycles. The van der Waals surface area contributed by atoms with Gasteiger partial charge in [-0.2, -0.15) is 0 Å². The van der Waals surface area contributed by atoms with Gasteiger partial charge in [-0.05, 0) is 12.1 Å². The number of aliphatic carboxylic acids is 1. The van der Waals surface area contributed by atoms with Gasteiger partial charge in [0.05, 0.1) is 12.0 Å². The molecular weight excluding hydrogens is 266 g/mol. The second kappa shape index (κ2) is 5.74. The first-order valence-corrected chi connectivity index (χ1v) is 6.07. The summed E-state index contributed by atoms with van der Waals surface area (Å²) in [6.07, 6.45) is 0.